The lowest BCUT2D eigenvalue weighted by Crippen LogP contribution is -2.44. The Kier molecular flexibility index (Phi) is 4.99. The second-order valence-corrected chi connectivity index (χ2v) is 9.24. The number of carboxylic acid groups (broad SMARTS) is 1. The van der Waals surface area contributed by atoms with E-state index < -0.39 is 5.97 Å². The van der Waals surface area contributed by atoms with E-state index in [9.17, 15) is 4.79 Å². The fourth-order valence-electron chi connectivity index (χ4n) is 5.02. The lowest BCUT2D eigenvalue weighted by molar-refractivity contribution is -0.147. The molecule has 1 saturated carbocycles. The van der Waals surface area contributed by atoms with Crippen molar-refractivity contribution < 1.29 is 14.4 Å². The molecule has 7 nitrogen and oxygen atoms in total. The molecule has 0 unspecified atom stereocenters. The van der Waals surface area contributed by atoms with E-state index in [0.717, 1.165) is 53.7 Å². The number of rotatable bonds is 5. The number of fused-ring (bicyclic) bond motifs is 1. The Hall–Kier alpha value is -3.84. The topological polar surface area (TPSA) is 92.4 Å². The molecule has 34 heavy (non-hydrogen) atoms. The van der Waals surface area contributed by atoms with Crippen LogP contribution in [0.25, 0.3) is 34.0 Å². The molecule has 6 rings (SSSR count). The molecule has 1 aliphatic heterocycles. The first kappa shape index (κ1) is 20.7. The standard InChI is InChI=1S/C27H24N4O3/c1-16-10-19(4-5-24(16)17-6-8-28-9-7-17)26-29-25(30-34-26)18-2-3-20-14-31(15-22(20)11-18)23-12-21(13-23)27(32)33/h2-11,21,23H,12-15H2,1H3,(H,32,33)/t21-,23+. The average molecular weight is 453 g/mol. The largest absolute Gasteiger partial charge is 0.481 e. The lowest BCUT2D eigenvalue weighted by Gasteiger charge is -2.39. The van der Waals surface area contributed by atoms with Crippen molar-refractivity contribution in [2.45, 2.75) is 38.9 Å². The molecule has 0 saturated heterocycles. The molecule has 2 aliphatic rings. The van der Waals surface area contributed by atoms with Crippen molar-refractivity contribution in [2.24, 2.45) is 5.92 Å². The normalized spacial score (nSPS) is 19.6. The number of carboxylic acids is 1. The highest BCUT2D eigenvalue weighted by atomic mass is 16.5. The minimum absolute atomic E-state index is 0.190. The van der Waals surface area contributed by atoms with Crippen molar-refractivity contribution in [3.8, 4) is 34.0 Å². The predicted molar refractivity (Wildman–Crippen MR) is 127 cm³/mol. The van der Waals surface area contributed by atoms with Gasteiger partial charge >= 0.3 is 5.97 Å². The van der Waals surface area contributed by atoms with Crippen molar-refractivity contribution in [1.82, 2.24) is 20.0 Å². The second-order valence-electron chi connectivity index (χ2n) is 9.24. The number of hydrogen-bond donors (Lipinski definition) is 1. The quantitative estimate of drug-likeness (QED) is 0.458. The van der Waals surface area contributed by atoms with E-state index in [0.29, 0.717) is 17.8 Å². The first-order chi connectivity index (χ1) is 16.5. The SMILES string of the molecule is Cc1cc(-c2nc(-c3ccc4c(c3)CN([C@H]3C[C@@H](C(=O)O)C3)C4)no2)ccc1-c1ccncc1. The van der Waals surface area contributed by atoms with Crippen LogP contribution < -0.4 is 0 Å². The summed E-state index contributed by atoms with van der Waals surface area (Å²) in [7, 11) is 0. The van der Waals surface area contributed by atoms with Gasteiger partial charge in [-0.15, -0.1) is 0 Å². The van der Waals surface area contributed by atoms with Crippen molar-refractivity contribution >= 4 is 5.97 Å². The summed E-state index contributed by atoms with van der Waals surface area (Å²) in [6.07, 6.45) is 5.07. The van der Waals surface area contributed by atoms with Crippen molar-refractivity contribution in [1.29, 1.82) is 0 Å². The number of nitrogens with zero attached hydrogens (tertiary/aromatic N) is 4. The van der Waals surface area contributed by atoms with Crippen molar-refractivity contribution in [3.63, 3.8) is 0 Å². The highest BCUT2D eigenvalue weighted by Gasteiger charge is 2.39. The molecular formula is C27H24N4O3. The number of carbonyl (C=O) groups is 1. The highest BCUT2D eigenvalue weighted by Crippen LogP contribution is 2.38. The molecule has 0 spiro atoms. The van der Waals surface area contributed by atoms with Crippen LogP contribution in [0, 0.1) is 12.8 Å². The van der Waals surface area contributed by atoms with Gasteiger partial charge in [0.1, 0.15) is 0 Å². The second kappa shape index (κ2) is 8.18. The predicted octanol–water partition coefficient (Wildman–Crippen LogP) is 4.95. The van der Waals surface area contributed by atoms with Crippen LogP contribution in [0.15, 0.2) is 65.4 Å². The number of pyridine rings is 1. The van der Waals surface area contributed by atoms with E-state index >= 15 is 0 Å². The van der Waals surface area contributed by atoms with E-state index in [1.165, 1.54) is 11.1 Å². The van der Waals surface area contributed by atoms with Gasteiger partial charge in [-0.3, -0.25) is 14.7 Å². The van der Waals surface area contributed by atoms with E-state index in [4.69, 9.17) is 9.63 Å². The Balaban J connectivity index is 1.19. The van der Waals surface area contributed by atoms with Gasteiger partial charge in [0.05, 0.1) is 5.92 Å². The summed E-state index contributed by atoms with van der Waals surface area (Å²) in [5.74, 6) is 0.201. The maximum Gasteiger partial charge on any atom is 0.306 e. The maximum absolute atomic E-state index is 11.1. The van der Waals surface area contributed by atoms with Gasteiger partial charge in [-0.05, 0) is 77.9 Å². The van der Waals surface area contributed by atoms with E-state index in [1.54, 1.807) is 12.4 Å². The monoisotopic (exact) mass is 452 g/mol. The van der Waals surface area contributed by atoms with Crippen molar-refractivity contribution in [2.75, 3.05) is 0 Å². The van der Waals surface area contributed by atoms with E-state index in [1.807, 2.05) is 24.3 Å². The van der Waals surface area contributed by atoms with Crippen LogP contribution in [0.2, 0.25) is 0 Å². The third-order valence-electron chi connectivity index (χ3n) is 7.08. The Morgan fingerprint density at radius 3 is 2.50 bits per heavy atom. The zero-order valence-electron chi connectivity index (χ0n) is 18.8. The molecule has 0 amide bonds. The molecular weight excluding hydrogens is 428 g/mol. The summed E-state index contributed by atoms with van der Waals surface area (Å²) in [6, 6.07) is 16.8. The van der Waals surface area contributed by atoms with Crippen molar-refractivity contribution in [3.05, 3.63) is 77.6 Å². The van der Waals surface area contributed by atoms with Crippen LogP contribution in [0.1, 0.15) is 29.5 Å². The Morgan fingerprint density at radius 1 is 0.971 bits per heavy atom. The summed E-state index contributed by atoms with van der Waals surface area (Å²) < 4.78 is 5.61. The van der Waals surface area contributed by atoms with Crippen LogP contribution in [0.4, 0.5) is 0 Å². The molecule has 2 aromatic heterocycles. The molecule has 0 bridgehead atoms. The highest BCUT2D eigenvalue weighted by molar-refractivity contribution is 5.72. The Morgan fingerprint density at radius 2 is 1.74 bits per heavy atom. The van der Waals surface area contributed by atoms with Gasteiger partial charge in [-0.25, -0.2) is 0 Å². The smallest absolute Gasteiger partial charge is 0.306 e. The van der Waals surface area contributed by atoms with Crippen LogP contribution in [-0.2, 0) is 17.9 Å². The van der Waals surface area contributed by atoms with Gasteiger partial charge < -0.3 is 9.63 Å². The number of hydrogen-bond acceptors (Lipinski definition) is 6. The number of aromatic nitrogens is 3. The third kappa shape index (κ3) is 3.68. The van der Waals surface area contributed by atoms with Gasteiger partial charge in [-0.1, -0.05) is 23.4 Å². The molecule has 1 aliphatic carbocycles. The molecule has 170 valence electrons. The summed E-state index contributed by atoms with van der Waals surface area (Å²) in [6.45, 7) is 3.78. The van der Waals surface area contributed by atoms with Crippen LogP contribution in [0.3, 0.4) is 0 Å². The average Bonchev–Trinajstić information content (AvgIpc) is 3.45. The number of aliphatic carboxylic acids is 1. The molecule has 1 fully saturated rings. The lowest BCUT2D eigenvalue weighted by atomic mass is 9.79. The molecule has 4 aromatic rings. The summed E-state index contributed by atoms with van der Waals surface area (Å²) in [4.78, 5) is 22.3. The summed E-state index contributed by atoms with van der Waals surface area (Å²) >= 11 is 0. The Labute approximate surface area is 197 Å². The molecule has 7 heteroatoms. The molecule has 0 radical (unpaired) electrons. The third-order valence-corrected chi connectivity index (χ3v) is 7.08. The zero-order valence-corrected chi connectivity index (χ0v) is 18.8. The molecule has 0 atom stereocenters. The van der Waals surface area contributed by atoms with Gasteiger partial charge in [0.15, 0.2) is 0 Å². The molecule has 1 N–H and O–H groups in total. The first-order valence-corrected chi connectivity index (χ1v) is 11.5. The first-order valence-electron chi connectivity index (χ1n) is 11.5. The summed E-state index contributed by atoms with van der Waals surface area (Å²) in [5.41, 5.74) is 7.75. The minimum Gasteiger partial charge on any atom is -0.481 e. The fourth-order valence-corrected chi connectivity index (χ4v) is 5.02. The number of benzene rings is 2. The van der Waals surface area contributed by atoms with E-state index in [-0.39, 0.29) is 5.92 Å². The van der Waals surface area contributed by atoms with Crippen LogP contribution in [-0.4, -0.2) is 37.1 Å². The molecule has 2 aromatic carbocycles. The van der Waals surface area contributed by atoms with Crippen LogP contribution in [0.5, 0.6) is 0 Å². The van der Waals surface area contributed by atoms with Gasteiger partial charge in [0.2, 0.25) is 5.82 Å². The Bertz CT molecular complexity index is 1380. The molecule has 3 heterocycles. The van der Waals surface area contributed by atoms with E-state index in [2.05, 4.69) is 51.2 Å². The fraction of sp³-hybridized carbons (Fsp3) is 0.259. The van der Waals surface area contributed by atoms with Gasteiger partial charge in [0.25, 0.3) is 5.89 Å². The van der Waals surface area contributed by atoms with Crippen LogP contribution >= 0.6 is 0 Å². The zero-order chi connectivity index (χ0) is 23.2. The maximum atomic E-state index is 11.1. The minimum atomic E-state index is -0.676. The summed E-state index contributed by atoms with van der Waals surface area (Å²) in [5, 5.41) is 13.4. The van der Waals surface area contributed by atoms with Gasteiger partial charge in [-0.2, -0.15) is 4.98 Å². The number of aryl methyl sites for hydroxylation is 1. The van der Waals surface area contributed by atoms with Gasteiger partial charge in [0, 0.05) is 42.7 Å².